The number of carbonyl (C=O) groups is 1. The Kier molecular flexibility index (Phi) is 5.58. The maximum atomic E-state index is 12.7. The maximum Gasteiger partial charge on any atom is 0.228 e. The second kappa shape index (κ2) is 8.29. The van der Waals surface area contributed by atoms with Crippen molar-refractivity contribution in [2.75, 3.05) is 25.0 Å². The normalized spacial score (nSPS) is 15.9. The van der Waals surface area contributed by atoms with Crippen molar-refractivity contribution in [2.24, 2.45) is 18.9 Å². The van der Waals surface area contributed by atoms with Gasteiger partial charge in [-0.1, -0.05) is 31.2 Å². The first kappa shape index (κ1) is 19.5. The van der Waals surface area contributed by atoms with Gasteiger partial charge in [0.05, 0.1) is 11.9 Å². The van der Waals surface area contributed by atoms with Gasteiger partial charge in [-0.25, -0.2) is 9.67 Å². The molecule has 152 valence electrons. The second-order valence-electron chi connectivity index (χ2n) is 8.33. The van der Waals surface area contributed by atoms with Crippen molar-refractivity contribution >= 4 is 22.5 Å². The summed E-state index contributed by atoms with van der Waals surface area (Å²) >= 11 is 0. The third-order valence-electron chi connectivity index (χ3n) is 5.56. The highest BCUT2D eigenvalue weighted by Gasteiger charge is 2.25. The number of anilines is 1. The topological polar surface area (TPSA) is 75.9 Å². The van der Waals surface area contributed by atoms with Crippen LogP contribution in [0.1, 0.15) is 26.7 Å². The molecule has 0 unspecified atom stereocenters. The molecule has 29 heavy (non-hydrogen) atoms. The van der Waals surface area contributed by atoms with Crippen LogP contribution in [-0.4, -0.2) is 50.4 Å². The molecule has 3 aromatic rings. The highest BCUT2D eigenvalue weighted by molar-refractivity contribution is 5.95. The van der Waals surface area contributed by atoms with E-state index in [2.05, 4.69) is 45.4 Å². The number of rotatable bonds is 5. The van der Waals surface area contributed by atoms with E-state index in [4.69, 9.17) is 0 Å². The Bertz CT molecular complexity index is 1000. The Morgan fingerprint density at radius 3 is 2.66 bits per heavy atom. The van der Waals surface area contributed by atoms with E-state index in [1.54, 1.807) is 10.9 Å². The first-order valence-corrected chi connectivity index (χ1v) is 10.3. The van der Waals surface area contributed by atoms with E-state index in [-0.39, 0.29) is 11.8 Å². The molecule has 0 spiro atoms. The van der Waals surface area contributed by atoms with E-state index >= 15 is 0 Å². The van der Waals surface area contributed by atoms with Crippen molar-refractivity contribution in [3.63, 3.8) is 0 Å². The number of fused-ring (bicyclic) bond motifs is 1. The van der Waals surface area contributed by atoms with Crippen LogP contribution in [0, 0.1) is 11.8 Å². The van der Waals surface area contributed by atoms with Gasteiger partial charge in [0.1, 0.15) is 5.82 Å². The number of amides is 1. The van der Waals surface area contributed by atoms with E-state index in [0.29, 0.717) is 11.7 Å². The number of pyridine rings is 1. The summed E-state index contributed by atoms with van der Waals surface area (Å²) in [6.07, 6.45) is 5.37. The van der Waals surface area contributed by atoms with Crippen molar-refractivity contribution in [3.05, 3.63) is 36.7 Å². The van der Waals surface area contributed by atoms with Gasteiger partial charge in [-0.2, -0.15) is 0 Å². The Hall–Kier alpha value is -2.80. The molecule has 0 bridgehead atoms. The number of piperidine rings is 1. The molecule has 1 fully saturated rings. The van der Waals surface area contributed by atoms with Crippen molar-refractivity contribution in [2.45, 2.75) is 26.7 Å². The lowest BCUT2D eigenvalue weighted by atomic mass is 9.95. The minimum Gasteiger partial charge on any atom is -0.310 e. The Balaban J connectivity index is 1.45. The molecule has 2 aromatic heterocycles. The van der Waals surface area contributed by atoms with Gasteiger partial charge in [-0.05, 0) is 49.4 Å². The highest BCUT2D eigenvalue weighted by Crippen LogP contribution is 2.25. The van der Waals surface area contributed by atoms with E-state index in [1.165, 1.54) is 0 Å². The maximum absolute atomic E-state index is 12.7. The molecular weight excluding hydrogens is 364 g/mol. The van der Waals surface area contributed by atoms with Crippen molar-refractivity contribution in [1.29, 1.82) is 0 Å². The number of aryl methyl sites for hydroxylation is 1. The van der Waals surface area contributed by atoms with Crippen molar-refractivity contribution < 1.29 is 4.79 Å². The summed E-state index contributed by atoms with van der Waals surface area (Å²) in [4.78, 5) is 19.6. The molecule has 0 aliphatic carbocycles. The number of nitrogens with one attached hydrogen (secondary N) is 1. The van der Waals surface area contributed by atoms with Gasteiger partial charge in [0.15, 0.2) is 0 Å². The van der Waals surface area contributed by atoms with Gasteiger partial charge in [0, 0.05) is 36.7 Å². The number of likely N-dealkylation sites (tertiary alicyclic amines) is 1. The quantitative estimate of drug-likeness (QED) is 0.721. The van der Waals surface area contributed by atoms with Crippen LogP contribution >= 0.6 is 0 Å². The summed E-state index contributed by atoms with van der Waals surface area (Å²) in [5.74, 6) is 1.40. The predicted octanol–water partition coefficient (Wildman–Crippen LogP) is 3.34. The third kappa shape index (κ3) is 4.45. The predicted molar refractivity (Wildman–Crippen MR) is 114 cm³/mol. The Labute approximate surface area is 171 Å². The number of benzene rings is 1. The monoisotopic (exact) mass is 392 g/mol. The fraction of sp³-hybridized carbons (Fsp3) is 0.455. The molecule has 7 heteroatoms. The van der Waals surface area contributed by atoms with Gasteiger partial charge in [0.25, 0.3) is 0 Å². The van der Waals surface area contributed by atoms with Crippen LogP contribution < -0.4 is 5.32 Å². The lowest BCUT2D eigenvalue weighted by molar-refractivity contribution is -0.121. The fourth-order valence-electron chi connectivity index (χ4n) is 4.04. The van der Waals surface area contributed by atoms with Crippen LogP contribution in [0.4, 0.5) is 5.82 Å². The molecule has 0 atom stereocenters. The zero-order valence-corrected chi connectivity index (χ0v) is 17.3. The minimum absolute atomic E-state index is 0.0581. The summed E-state index contributed by atoms with van der Waals surface area (Å²) in [7, 11) is 1.87. The summed E-state index contributed by atoms with van der Waals surface area (Å²) < 4.78 is 1.75. The zero-order valence-electron chi connectivity index (χ0n) is 17.3. The molecule has 0 radical (unpaired) electrons. The summed E-state index contributed by atoms with van der Waals surface area (Å²) in [6, 6.07) is 8.08. The van der Waals surface area contributed by atoms with Gasteiger partial charge in [-0.3, -0.25) is 4.79 Å². The van der Waals surface area contributed by atoms with Gasteiger partial charge in [-0.15, -0.1) is 5.10 Å². The van der Waals surface area contributed by atoms with E-state index in [9.17, 15) is 4.79 Å². The Morgan fingerprint density at radius 1 is 1.17 bits per heavy atom. The molecule has 4 rings (SSSR count). The lowest BCUT2D eigenvalue weighted by Gasteiger charge is -2.32. The van der Waals surface area contributed by atoms with Crippen LogP contribution in [0.2, 0.25) is 0 Å². The standard InChI is InChI=1S/C22H28N6O/c1-15(2)14-28-8-6-16(7-9-28)22(29)25-21-11-19-10-17(4-5-18(19)12-23-21)20-13-24-26-27(20)3/h4-5,10-13,15-16H,6-9,14H2,1-3H3,(H,23,25,29). The number of hydrogen-bond acceptors (Lipinski definition) is 5. The molecular formula is C22H28N6O. The fourth-order valence-corrected chi connectivity index (χ4v) is 4.04. The largest absolute Gasteiger partial charge is 0.310 e. The van der Waals surface area contributed by atoms with Gasteiger partial charge in [0.2, 0.25) is 5.91 Å². The van der Waals surface area contributed by atoms with E-state index in [0.717, 1.165) is 54.5 Å². The Morgan fingerprint density at radius 2 is 1.97 bits per heavy atom. The summed E-state index contributed by atoms with van der Waals surface area (Å²) in [5, 5.41) is 13.0. The molecule has 0 saturated carbocycles. The zero-order chi connectivity index (χ0) is 20.4. The lowest BCUT2D eigenvalue weighted by Crippen LogP contribution is -2.39. The van der Waals surface area contributed by atoms with Crippen molar-refractivity contribution in [1.82, 2.24) is 24.9 Å². The van der Waals surface area contributed by atoms with E-state index < -0.39 is 0 Å². The minimum atomic E-state index is 0.0581. The summed E-state index contributed by atoms with van der Waals surface area (Å²) in [6.45, 7) is 7.56. The number of nitrogens with zero attached hydrogens (tertiary/aromatic N) is 5. The van der Waals surface area contributed by atoms with Crippen LogP contribution in [0.15, 0.2) is 36.7 Å². The van der Waals surface area contributed by atoms with E-state index in [1.807, 2.05) is 31.4 Å². The van der Waals surface area contributed by atoms with Crippen LogP contribution in [-0.2, 0) is 11.8 Å². The SMILES string of the molecule is CC(C)CN1CCC(C(=O)Nc2cc3cc(-c4cnnn4C)ccc3cn2)CC1. The smallest absolute Gasteiger partial charge is 0.228 e. The first-order valence-electron chi connectivity index (χ1n) is 10.3. The summed E-state index contributed by atoms with van der Waals surface area (Å²) in [5.41, 5.74) is 1.98. The van der Waals surface area contributed by atoms with Gasteiger partial charge < -0.3 is 10.2 Å². The van der Waals surface area contributed by atoms with Gasteiger partial charge >= 0.3 is 0 Å². The molecule has 1 aromatic carbocycles. The average molecular weight is 393 g/mol. The van der Waals surface area contributed by atoms with Crippen LogP contribution in [0.25, 0.3) is 22.0 Å². The molecule has 1 aliphatic heterocycles. The second-order valence-corrected chi connectivity index (χ2v) is 8.33. The number of hydrogen-bond donors (Lipinski definition) is 1. The molecule has 1 amide bonds. The van der Waals surface area contributed by atoms with Crippen molar-refractivity contribution in [3.8, 4) is 11.3 Å². The molecule has 1 N–H and O–H groups in total. The molecule has 7 nitrogen and oxygen atoms in total. The highest BCUT2D eigenvalue weighted by atomic mass is 16.1. The van der Waals surface area contributed by atoms with Crippen LogP contribution in [0.5, 0.6) is 0 Å². The third-order valence-corrected chi connectivity index (χ3v) is 5.56. The van der Waals surface area contributed by atoms with Crippen LogP contribution in [0.3, 0.4) is 0 Å². The number of aromatic nitrogens is 4. The molecule has 3 heterocycles. The molecule has 1 saturated heterocycles. The number of carbonyl (C=O) groups excluding carboxylic acids is 1. The first-order chi connectivity index (χ1) is 14.0. The molecule has 1 aliphatic rings. The average Bonchev–Trinajstić information content (AvgIpc) is 3.13.